The van der Waals surface area contributed by atoms with Crippen LogP contribution in [0, 0.1) is 13.8 Å². The third-order valence-electron chi connectivity index (χ3n) is 9.19. The molecule has 14 nitrogen and oxygen atoms in total. The number of anilines is 3. The van der Waals surface area contributed by atoms with E-state index < -0.39 is 5.97 Å². The number of aromatic nitrogens is 6. The highest BCUT2D eigenvalue weighted by Crippen LogP contribution is 2.31. The van der Waals surface area contributed by atoms with E-state index in [-0.39, 0.29) is 19.0 Å². The van der Waals surface area contributed by atoms with Crippen molar-refractivity contribution >= 4 is 64.1 Å². The minimum Gasteiger partial charge on any atom is -0.480 e. The Bertz CT molecular complexity index is 2710. The Balaban J connectivity index is 0.000000165. The van der Waals surface area contributed by atoms with Crippen LogP contribution >= 0.6 is 23.2 Å². The molecule has 0 bridgehead atoms. The van der Waals surface area contributed by atoms with Gasteiger partial charge in [-0.1, -0.05) is 102 Å². The first-order chi connectivity index (χ1) is 28.1. The third kappa shape index (κ3) is 7.65. The average Bonchev–Trinajstić information content (AvgIpc) is 3.73. The topological polar surface area (TPSA) is 159 Å². The minimum absolute atomic E-state index is 0.0297. The summed E-state index contributed by atoms with van der Waals surface area (Å²) >= 11 is 12.1. The average molecular weight is 811 g/mol. The molecule has 0 unspecified atom stereocenters. The molecule has 288 valence electrons. The first kappa shape index (κ1) is 37.7. The number of nitrogens with one attached hydrogen (secondary N) is 1. The maximum Gasteiger partial charge on any atom is 0.325 e. The Morgan fingerprint density at radius 3 is 1.47 bits per heavy atom. The first-order valence-electron chi connectivity index (χ1n) is 18.0. The lowest BCUT2D eigenvalue weighted by atomic mass is 10.0. The molecule has 1 amide bonds. The van der Waals surface area contributed by atoms with Gasteiger partial charge in [0.1, 0.15) is 36.2 Å². The van der Waals surface area contributed by atoms with E-state index in [4.69, 9.17) is 28.3 Å². The number of hydrogen-bond acceptors (Lipinski definition) is 10. The number of carboxylic acid groups (broad SMARTS) is 1. The van der Waals surface area contributed by atoms with Crippen LogP contribution in [0.3, 0.4) is 0 Å². The number of fused-ring (bicyclic) bond motifs is 6. The van der Waals surface area contributed by atoms with E-state index in [1.54, 1.807) is 17.1 Å². The molecule has 0 saturated carbocycles. The fourth-order valence-corrected chi connectivity index (χ4v) is 6.87. The van der Waals surface area contributed by atoms with Crippen LogP contribution in [0.1, 0.15) is 33.9 Å². The SMILES string of the molecule is Cc1nnc2n1-c1ccccc1C(c1ccc(Cl)cc1)=NN2CC(=O)Nc1ccccc1.Cc1nnc2n1-c1ccccc1C(c1ccc(Cl)cc1)=NN2CC(=O)O. The fourth-order valence-electron chi connectivity index (χ4n) is 6.62. The van der Waals surface area contributed by atoms with Gasteiger partial charge in [-0.25, -0.2) is 10.0 Å². The first-order valence-corrected chi connectivity index (χ1v) is 18.7. The molecule has 0 radical (unpaired) electrons. The van der Waals surface area contributed by atoms with Crippen molar-refractivity contribution in [1.29, 1.82) is 0 Å². The highest BCUT2D eigenvalue weighted by Gasteiger charge is 2.29. The van der Waals surface area contributed by atoms with Gasteiger partial charge >= 0.3 is 5.97 Å². The van der Waals surface area contributed by atoms with E-state index in [1.807, 2.05) is 138 Å². The molecule has 0 fully saturated rings. The van der Waals surface area contributed by atoms with E-state index in [0.717, 1.165) is 45.0 Å². The van der Waals surface area contributed by atoms with Crippen LogP contribution < -0.4 is 15.3 Å². The molecule has 2 N–H and O–H groups in total. The molecule has 5 aromatic carbocycles. The summed E-state index contributed by atoms with van der Waals surface area (Å²) in [7, 11) is 0. The standard InChI is InChI=1S/C24H19ClN6O.C18H14ClN5O2/c1-16-27-28-24-30(15-22(32)26-19-7-3-2-4-8-19)29-23(17-11-13-18(25)14-12-17)20-9-5-6-10-21(20)31(16)24;1-11-20-21-18-23(10-16(25)26)22-17(12-6-8-13(19)9-7-12)14-4-2-3-5-15(14)24(11)18/h2-14H,15H2,1H3,(H,26,32);2-9H,10H2,1H3,(H,25,26). The largest absolute Gasteiger partial charge is 0.480 e. The Hall–Kier alpha value is -7.16. The number of carboxylic acids is 1. The molecule has 2 aliphatic rings. The molecule has 0 aliphatic carbocycles. The summed E-state index contributed by atoms with van der Waals surface area (Å²) in [5.41, 5.74) is 7.28. The summed E-state index contributed by atoms with van der Waals surface area (Å²) in [6.07, 6.45) is 0. The lowest BCUT2D eigenvalue weighted by Gasteiger charge is -2.17. The number of carbonyl (C=O) groups excluding carboxylic acids is 1. The normalized spacial score (nSPS) is 12.6. The predicted molar refractivity (Wildman–Crippen MR) is 224 cm³/mol. The molecule has 0 saturated heterocycles. The van der Waals surface area contributed by atoms with Crippen molar-refractivity contribution in [2.45, 2.75) is 13.8 Å². The lowest BCUT2D eigenvalue weighted by Crippen LogP contribution is -2.31. The number of aryl methyl sites for hydroxylation is 2. The molecule has 0 spiro atoms. The second-order valence-electron chi connectivity index (χ2n) is 13.1. The molecular formula is C42H33Cl2N11O3. The highest BCUT2D eigenvalue weighted by atomic mass is 35.5. The number of amides is 1. The van der Waals surface area contributed by atoms with Crippen LogP contribution in [0.25, 0.3) is 11.4 Å². The summed E-state index contributed by atoms with van der Waals surface area (Å²) in [5.74, 6) is 0.961. The maximum atomic E-state index is 12.9. The van der Waals surface area contributed by atoms with Crippen molar-refractivity contribution < 1.29 is 14.7 Å². The molecule has 2 aliphatic heterocycles. The number of benzene rings is 5. The van der Waals surface area contributed by atoms with Crippen molar-refractivity contribution in [3.63, 3.8) is 0 Å². The highest BCUT2D eigenvalue weighted by molar-refractivity contribution is 6.31. The Labute approximate surface area is 342 Å². The van der Waals surface area contributed by atoms with Crippen LogP contribution in [0.5, 0.6) is 0 Å². The van der Waals surface area contributed by atoms with Gasteiger partial charge in [0.05, 0.1) is 11.4 Å². The van der Waals surface area contributed by atoms with Crippen molar-refractivity contribution in [3.05, 3.63) is 171 Å². The van der Waals surface area contributed by atoms with Gasteiger partial charge in [-0.05, 0) is 62.4 Å². The monoisotopic (exact) mass is 809 g/mol. The summed E-state index contributed by atoms with van der Waals surface area (Å²) in [4.78, 5) is 24.2. The van der Waals surface area contributed by atoms with Crippen LogP contribution in [-0.2, 0) is 9.59 Å². The van der Waals surface area contributed by atoms with Crippen LogP contribution in [0.15, 0.2) is 138 Å². The molecule has 4 heterocycles. The molecule has 0 atom stereocenters. The number of rotatable bonds is 7. The second-order valence-corrected chi connectivity index (χ2v) is 14.0. The van der Waals surface area contributed by atoms with E-state index in [9.17, 15) is 14.7 Å². The third-order valence-corrected chi connectivity index (χ3v) is 9.69. The summed E-state index contributed by atoms with van der Waals surface area (Å²) in [6.45, 7) is 3.34. The molecule has 16 heteroatoms. The van der Waals surface area contributed by atoms with Gasteiger partial charge in [0.15, 0.2) is 0 Å². The van der Waals surface area contributed by atoms with E-state index in [1.165, 1.54) is 5.01 Å². The second kappa shape index (κ2) is 16.1. The van der Waals surface area contributed by atoms with Crippen molar-refractivity contribution in [1.82, 2.24) is 29.5 Å². The summed E-state index contributed by atoms with van der Waals surface area (Å²) in [6, 6.07) is 39.7. The van der Waals surface area contributed by atoms with E-state index in [0.29, 0.717) is 39.3 Å². The quantitative estimate of drug-likeness (QED) is 0.168. The zero-order chi connectivity index (χ0) is 40.3. The van der Waals surface area contributed by atoms with Gasteiger partial charge in [0.2, 0.25) is 5.91 Å². The summed E-state index contributed by atoms with van der Waals surface area (Å²) in [5, 5.41) is 42.7. The van der Waals surface area contributed by atoms with Gasteiger partial charge in [-0.2, -0.15) is 10.2 Å². The molecule has 2 aromatic heterocycles. The molecule has 9 rings (SSSR count). The van der Waals surface area contributed by atoms with Gasteiger partial charge in [0.25, 0.3) is 11.9 Å². The number of nitrogens with zero attached hydrogens (tertiary/aromatic N) is 10. The van der Waals surface area contributed by atoms with Crippen molar-refractivity contribution in [2.75, 3.05) is 28.4 Å². The van der Waals surface area contributed by atoms with Crippen molar-refractivity contribution in [2.24, 2.45) is 10.2 Å². The van der Waals surface area contributed by atoms with Gasteiger partial charge in [-0.15, -0.1) is 20.4 Å². The van der Waals surface area contributed by atoms with Crippen LogP contribution in [0.2, 0.25) is 10.0 Å². The number of aliphatic carboxylic acids is 1. The number of hydrogen-bond donors (Lipinski definition) is 2. The minimum atomic E-state index is -1.01. The van der Waals surface area contributed by atoms with E-state index in [2.05, 4.69) is 30.8 Å². The molecular weight excluding hydrogens is 777 g/mol. The van der Waals surface area contributed by atoms with E-state index >= 15 is 0 Å². The Kier molecular flexibility index (Phi) is 10.5. The fraction of sp³-hybridized carbons (Fsp3) is 0.0952. The Morgan fingerprint density at radius 1 is 0.569 bits per heavy atom. The molecule has 58 heavy (non-hydrogen) atoms. The van der Waals surface area contributed by atoms with Gasteiger partial charge in [-0.3, -0.25) is 18.7 Å². The van der Waals surface area contributed by atoms with Gasteiger partial charge < -0.3 is 10.4 Å². The number of halogens is 2. The van der Waals surface area contributed by atoms with Gasteiger partial charge in [0, 0.05) is 38.0 Å². The number of para-hydroxylation sites is 3. The lowest BCUT2D eigenvalue weighted by molar-refractivity contribution is -0.135. The zero-order valence-electron chi connectivity index (χ0n) is 31.0. The number of hydrazone groups is 2. The Morgan fingerprint density at radius 2 is 1.00 bits per heavy atom. The zero-order valence-corrected chi connectivity index (χ0v) is 32.5. The summed E-state index contributed by atoms with van der Waals surface area (Å²) < 4.78 is 3.72. The maximum absolute atomic E-state index is 12.9. The smallest absolute Gasteiger partial charge is 0.325 e. The van der Waals surface area contributed by atoms with Crippen LogP contribution in [-0.4, -0.2) is 71.0 Å². The van der Waals surface area contributed by atoms with Crippen LogP contribution in [0.4, 0.5) is 17.6 Å². The van der Waals surface area contributed by atoms with Crippen molar-refractivity contribution in [3.8, 4) is 11.4 Å². The molecule has 7 aromatic rings. The predicted octanol–water partition coefficient (Wildman–Crippen LogP) is 7.33. The number of carbonyl (C=O) groups is 2.